The molecule has 1 amide bonds. The van der Waals surface area contributed by atoms with Crippen LogP contribution in [0.2, 0.25) is 5.02 Å². The molecule has 5 heteroatoms. The SMILES string of the molecule is CNCC(C)C(=O)Nc1ccccc1OCc1cccc(Cl)c1. The normalized spacial score (nSPS) is 11.8. The van der Waals surface area contributed by atoms with Crippen LogP contribution in [0, 0.1) is 5.92 Å². The molecule has 1 atom stereocenters. The van der Waals surface area contributed by atoms with Crippen molar-refractivity contribution in [2.24, 2.45) is 5.92 Å². The van der Waals surface area contributed by atoms with Gasteiger partial charge in [0.1, 0.15) is 12.4 Å². The van der Waals surface area contributed by atoms with E-state index in [4.69, 9.17) is 16.3 Å². The van der Waals surface area contributed by atoms with Gasteiger partial charge >= 0.3 is 0 Å². The topological polar surface area (TPSA) is 50.4 Å². The highest BCUT2D eigenvalue weighted by molar-refractivity contribution is 6.30. The van der Waals surface area contributed by atoms with Gasteiger partial charge in [0.25, 0.3) is 0 Å². The second-order valence-corrected chi connectivity index (χ2v) is 5.80. The number of amides is 1. The van der Waals surface area contributed by atoms with Crippen LogP contribution in [0.4, 0.5) is 5.69 Å². The van der Waals surface area contributed by atoms with Gasteiger partial charge in [-0.3, -0.25) is 4.79 Å². The molecule has 0 heterocycles. The first-order chi connectivity index (χ1) is 11.1. The molecule has 0 spiro atoms. The Morgan fingerprint density at radius 3 is 2.74 bits per heavy atom. The fourth-order valence-corrected chi connectivity index (χ4v) is 2.35. The first-order valence-electron chi connectivity index (χ1n) is 7.52. The first-order valence-corrected chi connectivity index (χ1v) is 7.89. The molecule has 0 aromatic heterocycles. The summed E-state index contributed by atoms with van der Waals surface area (Å²) >= 11 is 5.97. The summed E-state index contributed by atoms with van der Waals surface area (Å²) in [5, 5.41) is 6.58. The summed E-state index contributed by atoms with van der Waals surface area (Å²) in [5.74, 6) is 0.469. The molecule has 0 aliphatic rings. The number of rotatable bonds is 7. The molecule has 122 valence electrons. The van der Waals surface area contributed by atoms with E-state index in [0.717, 1.165) is 5.56 Å². The minimum absolute atomic E-state index is 0.0434. The van der Waals surface area contributed by atoms with Crippen LogP contribution < -0.4 is 15.4 Å². The Morgan fingerprint density at radius 1 is 1.22 bits per heavy atom. The molecule has 2 rings (SSSR count). The van der Waals surface area contributed by atoms with Crippen LogP contribution in [0.25, 0.3) is 0 Å². The van der Waals surface area contributed by atoms with Crippen LogP contribution in [0.3, 0.4) is 0 Å². The Balaban J connectivity index is 2.04. The van der Waals surface area contributed by atoms with Crippen LogP contribution in [-0.2, 0) is 11.4 Å². The van der Waals surface area contributed by atoms with Crippen LogP contribution in [-0.4, -0.2) is 19.5 Å². The van der Waals surface area contributed by atoms with Crippen molar-refractivity contribution in [3.8, 4) is 5.75 Å². The molecule has 1 unspecified atom stereocenters. The summed E-state index contributed by atoms with van der Waals surface area (Å²) in [4.78, 5) is 12.1. The fraction of sp³-hybridized carbons (Fsp3) is 0.278. The third-order valence-electron chi connectivity index (χ3n) is 3.39. The van der Waals surface area contributed by atoms with Gasteiger partial charge in [-0.25, -0.2) is 0 Å². The lowest BCUT2D eigenvalue weighted by Crippen LogP contribution is -2.28. The maximum absolute atomic E-state index is 12.1. The number of benzene rings is 2. The van der Waals surface area contributed by atoms with Crippen molar-refractivity contribution >= 4 is 23.2 Å². The average Bonchev–Trinajstić information content (AvgIpc) is 2.54. The van der Waals surface area contributed by atoms with Crippen molar-refractivity contribution in [1.82, 2.24) is 5.32 Å². The van der Waals surface area contributed by atoms with Gasteiger partial charge in [0.15, 0.2) is 0 Å². The largest absolute Gasteiger partial charge is 0.487 e. The van der Waals surface area contributed by atoms with Gasteiger partial charge in [-0.1, -0.05) is 42.8 Å². The summed E-state index contributed by atoms with van der Waals surface area (Å²) in [6.07, 6.45) is 0. The van der Waals surface area contributed by atoms with E-state index in [0.29, 0.717) is 29.6 Å². The zero-order valence-corrected chi connectivity index (χ0v) is 14.1. The maximum Gasteiger partial charge on any atom is 0.228 e. The van der Waals surface area contributed by atoms with Crippen LogP contribution in [0.15, 0.2) is 48.5 Å². The minimum Gasteiger partial charge on any atom is -0.487 e. The number of halogens is 1. The number of hydrogen-bond acceptors (Lipinski definition) is 3. The molecule has 2 aromatic rings. The second-order valence-electron chi connectivity index (χ2n) is 5.36. The molecule has 4 nitrogen and oxygen atoms in total. The third kappa shape index (κ3) is 5.27. The Morgan fingerprint density at radius 2 is 2.00 bits per heavy atom. The highest BCUT2D eigenvalue weighted by atomic mass is 35.5. The molecular weight excluding hydrogens is 312 g/mol. The Labute approximate surface area is 141 Å². The van der Waals surface area contributed by atoms with E-state index in [-0.39, 0.29) is 11.8 Å². The summed E-state index contributed by atoms with van der Waals surface area (Å²) in [6, 6.07) is 14.9. The standard InChI is InChI=1S/C18H21ClN2O2/c1-13(11-20-2)18(22)21-16-8-3-4-9-17(16)23-12-14-6-5-7-15(19)10-14/h3-10,13,20H,11-12H2,1-2H3,(H,21,22). The lowest BCUT2D eigenvalue weighted by Gasteiger charge is -2.15. The van der Waals surface area contributed by atoms with Gasteiger partial charge in [-0.15, -0.1) is 0 Å². The molecule has 0 saturated heterocycles. The maximum atomic E-state index is 12.1. The Kier molecular flexibility index (Phi) is 6.44. The molecule has 0 radical (unpaired) electrons. The van der Waals surface area contributed by atoms with Gasteiger partial charge in [-0.2, -0.15) is 0 Å². The molecule has 0 bridgehead atoms. The molecule has 0 fully saturated rings. The zero-order valence-electron chi connectivity index (χ0n) is 13.3. The van der Waals surface area contributed by atoms with Crippen molar-refractivity contribution < 1.29 is 9.53 Å². The van der Waals surface area contributed by atoms with Gasteiger partial charge in [-0.05, 0) is 36.9 Å². The quantitative estimate of drug-likeness (QED) is 0.812. The lowest BCUT2D eigenvalue weighted by atomic mass is 10.1. The average molecular weight is 333 g/mol. The molecule has 2 N–H and O–H groups in total. The predicted molar refractivity (Wildman–Crippen MR) is 93.9 cm³/mol. The second kappa shape index (κ2) is 8.56. The number of para-hydroxylation sites is 2. The minimum atomic E-state index is -0.124. The summed E-state index contributed by atoms with van der Waals surface area (Å²) in [6.45, 7) is 2.89. The van der Waals surface area contributed by atoms with E-state index in [1.807, 2.05) is 62.5 Å². The van der Waals surface area contributed by atoms with Crippen molar-refractivity contribution in [1.29, 1.82) is 0 Å². The number of ether oxygens (including phenoxy) is 1. The van der Waals surface area contributed by atoms with Crippen LogP contribution in [0.1, 0.15) is 12.5 Å². The highest BCUT2D eigenvalue weighted by Crippen LogP contribution is 2.25. The van der Waals surface area contributed by atoms with Crippen molar-refractivity contribution in [3.63, 3.8) is 0 Å². The van der Waals surface area contributed by atoms with Crippen molar-refractivity contribution in [3.05, 3.63) is 59.1 Å². The van der Waals surface area contributed by atoms with E-state index in [1.54, 1.807) is 0 Å². The smallest absolute Gasteiger partial charge is 0.228 e. The summed E-state index contributed by atoms with van der Waals surface area (Å²) < 4.78 is 5.83. The van der Waals surface area contributed by atoms with E-state index < -0.39 is 0 Å². The van der Waals surface area contributed by atoms with Gasteiger partial charge < -0.3 is 15.4 Å². The highest BCUT2D eigenvalue weighted by Gasteiger charge is 2.14. The van der Waals surface area contributed by atoms with E-state index >= 15 is 0 Å². The van der Waals surface area contributed by atoms with Gasteiger partial charge in [0, 0.05) is 17.5 Å². The zero-order chi connectivity index (χ0) is 16.7. The molecular formula is C18H21ClN2O2. The van der Waals surface area contributed by atoms with Gasteiger partial charge in [0.05, 0.1) is 5.69 Å². The number of carbonyl (C=O) groups is 1. The lowest BCUT2D eigenvalue weighted by molar-refractivity contribution is -0.119. The summed E-state index contributed by atoms with van der Waals surface area (Å²) in [7, 11) is 1.83. The fourth-order valence-electron chi connectivity index (χ4n) is 2.14. The molecule has 0 aliphatic carbocycles. The van der Waals surface area contributed by atoms with E-state index in [2.05, 4.69) is 10.6 Å². The van der Waals surface area contributed by atoms with Gasteiger partial charge in [0.2, 0.25) is 5.91 Å². The molecule has 0 saturated carbocycles. The number of anilines is 1. The van der Waals surface area contributed by atoms with Crippen molar-refractivity contribution in [2.45, 2.75) is 13.5 Å². The van der Waals surface area contributed by atoms with Crippen LogP contribution >= 0.6 is 11.6 Å². The number of carbonyl (C=O) groups excluding carboxylic acids is 1. The first kappa shape index (κ1) is 17.3. The molecule has 0 aliphatic heterocycles. The van der Waals surface area contributed by atoms with Crippen LogP contribution in [0.5, 0.6) is 5.75 Å². The molecule has 2 aromatic carbocycles. The predicted octanol–water partition coefficient (Wildman–Crippen LogP) is 3.71. The van der Waals surface area contributed by atoms with E-state index in [1.165, 1.54) is 0 Å². The Bertz CT molecular complexity index is 661. The number of hydrogen-bond donors (Lipinski definition) is 2. The molecule has 23 heavy (non-hydrogen) atoms. The number of nitrogens with one attached hydrogen (secondary N) is 2. The third-order valence-corrected chi connectivity index (χ3v) is 3.62. The monoisotopic (exact) mass is 332 g/mol. The Hall–Kier alpha value is -2.04. The van der Waals surface area contributed by atoms with E-state index in [9.17, 15) is 4.79 Å². The van der Waals surface area contributed by atoms with Crippen molar-refractivity contribution in [2.75, 3.05) is 18.9 Å². The summed E-state index contributed by atoms with van der Waals surface area (Å²) in [5.41, 5.74) is 1.64.